The second-order valence-corrected chi connectivity index (χ2v) is 5.15. The zero-order valence-electron chi connectivity index (χ0n) is 11.4. The topological polar surface area (TPSA) is 82.0 Å². The third-order valence-electron chi connectivity index (χ3n) is 3.06. The monoisotopic (exact) mass is 285 g/mol. The Morgan fingerprint density at radius 2 is 1.76 bits per heavy atom. The number of fused-ring (bicyclic) bond motifs is 1. The standard InChI is InChI=1S/C15H11NO5/c1-15(2)20-13(18)11(14(19)21-15)6-8-3-4-9-7-16-12(17)10(9)5-8/h3-7H,1-2H3. The first-order valence-corrected chi connectivity index (χ1v) is 6.26. The Morgan fingerprint density at radius 1 is 1.10 bits per heavy atom. The van der Waals surface area contributed by atoms with E-state index in [0.29, 0.717) is 16.7 Å². The lowest BCUT2D eigenvalue weighted by Gasteiger charge is -2.29. The highest BCUT2D eigenvalue weighted by Crippen LogP contribution is 2.25. The molecule has 1 aromatic carbocycles. The Labute approximate surface area is 120 Å². The van der Waals surface area contributed by atoms with E-state index in [0.717, 1.165) is 0 Å². The van der Waals surface area contributed by atoms with Crippen LogP contribution in [0.15, 0.2) is 28.8 Å². The third-order valence-corrected chi connectivity index (χ3v) is 3.06. The average Bonchev–Trinajstić information content (AvgIpc) is 2.74. The first-order chi connectivity index (χ1) is 9.85. The number of benzene rings is 1. The molecule has 0 saturated carbocycles. The van der Waals surface area contributed by atoms with Gasteiger partial charge in [-0.25, -0.2) is 14.6 Å². The number of carbonyl (C=O) groups excluding carboxylic acids is 3. The van der Waals surface area contributed by atoms with E-state index in [2.05, 4.69) is 4.99 Å². The summed E-state index contributed by atoms with van der Waals surface area (Å²) < 4.78 is 10.0. The normalized spacial score (nSPS) is 19.1. The molecule has 21 heavy (non-hydrogen) atoms. The average molecular weight is 285 g/mol. The van der Waals surface area contributed by atoms with Gasteiger partial charge >= 0.3 is 11.9 Å². The van der Waals surface area contributed by atoms with Gasteiger partial charge in [0.05, 0.1) is 5.56 Å². The molecule has 1 saturated heterocycles. The quantitative estimate of drug-likeness (QED) is 0.443. The van der Waals surface area contributed by atoms with Crippen molar-refractivity contribution in [2.45, 2.75) is 19.6 Å². The molecule has 6 nitrogen and oxygen atoms in total. The lowest BCUT2D eigenvalue weighted by Crippen LogP contribution is -2.41. The number of amides is 1. The fraction of sp³-hybridized carbons (Fsp3) is 0.200. The van der Waals surface area contributed by atoms with Crippen LogP contribution in [-0.2, 0) is 19.1 Å². The van der Waals surface area contributed by atoms with Crippen LogP contribution in [0, 0.1) is 0 Å². The molecule has 0 atom stereocenters. The number of cyclic esters (lactones) is 2. The number of ether oxygens (including phenoxy) is 2. The van der Waals surface area contributed by atoms with Crippen molar-refractivity contribution in [2.24, 2.45) is 4.99 Å². The molecule has 1 aromatic rings. The minimum absolute atomic E-state index is 0.208. The summed E-state index contributed by atoms with van der Waals surface area (Å²) >= 11 is 0. The van der Waals surface area contributed by atoms with Crippen molar-refractivity contribution in [3.05, 3.63) is 40.5 Å². The van der Waals surface area contributed by atoms with Crippen molar-refractivity contribution in [3.8, 4) is 0 Å². The second-order valence-electron chi connectivity index (χ2n) is 5.15. The van der Waals surface area contributed by atoms with Crippen molar-refractivity contribution in [1.29, 1.82) is 0 Å². The van der Waals surface area contributed by atoms with Crippen LogP contribution in [0.25, 0.3) is 6.08 Å². The Morgan fingerprint density at radius 3 is 2.43 bits per heavy atom. The van der Waals surface area contributed by atoms with Gasteiger partial charge in [0.15, 0.2) is 0 Å². The van der Waals surface area contributed by atoms with Crippen LogP contribution < -0.4 is 0 Å². The maximum atomic E-state index is 11.8. The van der Waals surface area contributed by atoms with E-state index in [1.54, 1.807) is 18.2 Å². The highest BCUT2D eigenvalue weighted by atomic mass is 16.7. The zero-order valence-corrected chi connectivity index (χ0v) is 11.4. The van der Waals surface area contributed by atoms with Crippen molar-refractivity contribution in [1.82, 2.24) is 0 Å². The van der Waals surface area contributed by atoms with Gasteiger partial charge in [0.2, 0.25) is 0 Å². The number of hydrogen-bond donors (Lipinski definition) is 0. The van der Waals surface area contributed by atoms with Crippen LogP contribution >= 0.6 is 0 Å². The fourth-order valence-electron chi connectivity index (χ4n) is 2.10. The van der Waals surface area contributed by atoms with Gasteiger partial charge in [0.25, 0.3) is 11.7 Å². The summed E-state index contributed by atoms with van der Waals surface area (Å²) in [4.78, 5) is 38.9. The number of carbonyl (C=O) groups is 3. The molecule has 0 spiro atoms. The Kier molecular flexibility index (Phi) is 2.76. The molecule has 6 heteroatoms. The zero-order chi connectivity index (χ0) is 15.2. The maximum absolute atomic E-state index is 11.8. The first kappa shape index (κ1) is 13.2. The summed E-state index contributed by atoms with van der Waals surface area (Å²) in [7, 11) is 0. The van der Waals surface area contributed by atoms with Crippen molar-refractivity contribution in [2.75, 3.05) is 0 Å². The largest absolute Gasteiger partial charge is 0.419 e. The molecule has 2 aliphatic rings. The molecule has 0 aliphatic carbocycles. The second kappa shape index (κ2) is 4.37. The van der Waals surface area contributed by atoms with E-state index in [1.165, 1.54) is 26.1 Å². The molecule has 3 rings (SSSR count). The number of aliphatic imine (C=N–C) groups is 1. The summed E-state index contributed by atoms with van der Waals surface area (Å²) in [5, 5.41) is 0. The number of rotatable bonds is 1. The Balaban J connectivity index is 1.96. The SMILES string of the molecule is CC1(C)OC(=O)C(=Cc2ccc3c(c2)C(=O)N=C3)C(=O)O1. The first-order valence-electron chi connectivity index (χ1n) is 6.26. The molecule has 1 amide bonds. The maximum Gasteiger partial charge on any atom is 0.348 e. The van der Waals surface area contributed by atoms with Gasteiger partial charge < -0.3 is 9.47 Å². The summed E-state index contributed by atoms with van der Waals surface area (Å²) in [5.41, 5.74) is 1.45. The summed E-state index contributed by atoms with van der Waals surface area (Å²) in [6, 6.07) is 4.94. The highest BCUT2D eigenvalue weighted by Gasteiger charge is 2.38. The van der Waals surface area contributed by atoms with Crippen LogP contribution in [0.1, 0.15) is 35.3 Å². The predicted molar refractivity (Wildman–Crippen MR) is 72.6 cm³/mol. The smallest absolute Gasteiger partial charge is 0.348 e. The van der Waals surface area contributed by atoms with E-state index in [-0.39, 0.29) is 11.5 Å². The Bertz CT molecular complexity index is 720. The highest BCUT2D eigenvalue weighted by molar-refractivity contribution is 6.19. The minimum Gasteiger partial charge on any atom is -0.419 e. The van der Waals surface area contributed by atoms with Crippen molar-refractivity contribution < 1.29 is 23.9 Å². The molecule has 2 heterocycles. The molecule has 0 aromatic heterocycles. The molecule has 106 valence electrons. The summed E-state index contributed by atoms with van der Waals surface area (Å²) in [6.07, 6.45) is 2.81. The van der Waals surface area contributed by atoms with Gasteiger partial charge in [-0.3, -0.25) is 4.79 Å². The molecule has 0 radical (unpaired) electrons. The predicted octanol–water partition coefficient (Wildman–Crippen LogP) is 1.48. The molecular formula is C15H11NO5. The van der Waals surface area contributed by atoms with Gasteiger partial charge in [0, 0.05) is 25.6 Å². The van der Waals surface area contributed by atoms with Crippen molar-refractivity contribution >= 4 is 30.1 Å². The van der Waals surface area contributed by atoms with Crippen molar-refractivity contribution in [3.63, 3.8) is 0 Å². The molecule has 2 aliphatic heterocycles. The van der Waals surface area contributed by atoms with E-state index in [1.807, 2.05) is 0 Å². The van der Waals surface area contributed by atoms with E-state index in [9.17, 15) is 14.4 Å². The van der Waals surface area contributed by atoms with Gasteiger partial charge in [-0.2, -0.15) is 0 Å². The molecule has 1 fully saturated rings. The Hall–Kier alpha value is -2.76. The summed E-state index contributed by atoms with van der Waals surface area (Å²) in [5.74, 6) is -3.12. The lowest BCUT2D eigenvalue weighted by molar-refractivity contribution is -0.222. The van der Waals surface area contributed by atoms with Crippen LogP contribution in [0.5, 0.6) is 0 Å². The minimum atomic E-state index is -1.27. The van der Waals surface area contributed by atoms with Crippen LogP contribution in [0.4, 0.5) is 0 Å². The van der Waals surface area contributed by atoms with Gasteiger partial charge in [-0.1, -0.05) is 12.1 Å². The third kappa shape index (κ3) is 2.35. The van der Waals surface area contributed by atoms with Gasteiger partial charge in [-0.15, -0.1) is 0 Å². The molecule has 0 unspecified atom stereocenters. The lowest BCUT2D eigenvalue weighted by atomic mass is 10.0. The fourth-order valence-corrected chi connectivity index (χ4v) is 2.10. The molecule has 0 N–H and O–H groups in total. The summed E-state index contributed by atoms with van der Waals surface area (Å²) in [6.45, 7) is 2.95. The number of hydrogen-bond acceptors (Lipinski definition) is 5. The number of esters is 2. The van der Waals surface area contributed by atoms with Gasteiger partial charge in [-0.05, 0) is 17.7 Å². The molecule has 0 bridgehead atoms. The van der Waals surface area contributed by atoms with E-state index >= 15 is 0 Å². The van der Waals surface area contributed by atoms with Crippen LogP contribution in [0.2, 0.25) is 0 Å². The van der Waals surface area contributed by atoms with Crippen LogP contribution in [0.3, 0.4) is 0 Å². The van der Waals surface area contributed by atoms with E-state index < -0.39 is 17.7 Å². The molecular weight excluding hydrogens is 274 g/mol. The van der Waals surface area contributed by atoms with E-state index in [4.69, 9.17) is 9.47 Å². The van der Waals surface area contributed by atoms with Gasteiger partial charge in [0.1, 0.15) is 5.57 Å². The number of nitrogens with zero attached hydrogens (tertiary/aromatic N) is 1. The van der Waals surface area contributed by atoms with Crippen LogP contribution in [-0.4, -0.2) is 29.8 Å².